The summed E-state index contributed by atoms with van der Waals surface area (Å²) < 4.78 is 5.37. The van der Waals surface area contributed by atoms with Crippen molar-refractivity contribution in [2.75, 3.05) is 0 Å². The fraction of sp³-hybridized carbons (Fsp3) is 0.364. The molecule has 1 aromatic heterocycles. The molecule has 2 aromatic rings. The summed E-state index contributed by atoms with van der Waals surface area (Å²) in [4.78, 5) is 4.23. The number of hydrogen-bond acceptors (Lipinski definition) is 2. The highest BCUT2D eigenvalue weighted by atomic mass is 16.3. The van der Waals surface area contributed by atoms with Gasteiger partial charge in [0.25, 0.3) is 0 Å². The Bertz CT molecular complexity index is 379. The highest BCUT2D eigenvalue weighted by Crippen LogP contribution is 2.22. The molecule has 0 atom stereocenters. The average Bonchev–Trinajstić information content (AvgIpc) is 2.64. The van der Waals surface area contributed by atoms with Crippen LogP contribution in [-0.4, -0.2) is 4.98 Å². The minimum absolute atomic E-state index is 0.960. The van der Waals surface area contributed by atoms with E-state index in [0.29, 0.717) is 0 Å². The molecule has 0 saturated carbocycles. The van der Waals surface area contributed by atoms with Crippen LogP contribution in [0.1, 0.15) is 25.0 Å². The monoisotopic (exact) mass is 175 g/mol. The third kappa shape index (κ3) is 1.22. The number of benzene rings is 1. The largest absolute Gasteiger partial charge is 0.443 e. The highest BCUT2D eigenvalue weighted by Gasteiger charge is 2.07. The zero-order valence-corrected chi connectivity index (χ0v) is 8.00. The molecule has 2 heteroatoms. The molecule has 2 nitrogen and oxygen atoms in total. The van der Waals surface area contributed by atoms with Crippen molar-refractivity contribution in [3.8, 4) is 0 Å². The smallest absolute Gasteiger partial charge is 0.182 e. The van der Waals surface area contributed by atoms with E-state index in [1.165, 1.54) is 17.5 Å². The van der Waals surface area contributed by atoms with E-state index < -0.39 is 0 Å². The molecule has 0 aliphatic rings. The van der Waals surface area contributed by atoms with Crippen molar-refractivity contribution in [3.05, 3.63) is 29.7 Å². The molecular formula is C11H13NO. The van der Waals surface area contributed by atoms with Crippen molar-refractivity contribution < 1.29 is 4.42 Å². The molecule has 0 amide bonds. The van der Waals surface area contributed by atoms with Crippen LogP contribution in [0.25, 0.3) is 11.1 Å². The number of aromatic nitrogens is 1. The van der Waals surface area contributed by atoms with Gasteiger partial charge < -0.3 is 4.42 Å². The lowest BCUT2D eigenvalue weighted by molar-refractivity contribution is 0.598. The molecule has 68 valence electrons. The van der Waals surface area contributed by atoms with Crippen molar-refractivity contribution in [1.82, 2.24) is 4.98 Å². The zero-order valence-electron chi connectivity index (χ0n) is 8.00. The topological polar surface area (TPSA) is 26.0 Å². The fourth-order valence-electron chi connectivity index (χ4n) is 1.62. The molecule has 0 aliphatic carbocycles. The van der Waals surface area contributed by atoms with Gasteiger partial charge in [-0.25, -0.2) is 4.98 Å². The summed E-state index contributed by atoms with van der Waals surface area (Å²) in [5.74, 6) is 0. The molecule has 0 unspecified atom stereocenters. The molecule has 1 heterocycles. The SMILES string of the molecule is CCc1ccc(CC)c2ocnc12. The van der Waals surface area contributed by atoms with Gasteiger partial charge >= 0.3 is 0 Å². The van der Waals surface area contributed by atoms with Crippen LogP contribution in [0, 0.1) is 0 Å². The Morgan fingerprint density at radius 1 is 1.15 bits per heavy atom. The number of hydrogen-bond donors (Lipinski definition) is 0. The Hall–Kier alpha value is -1.31. The van der Waals surface area contributed by atoms with Gasteiger partial charge in [-0.05, 0) is 24.0 Å². The first kappa shape index (κ1) is 8.30. The first-order valence-corrected chi connectivity index (χ1v) is 4.70. The minimum atomic E-state index is 0.960. The lowest BCUT2D eigenvalue weighted by Crippen LogP contribution is -1.87. The van der Waals surface area contributed by atoms with Crippen molar-refractivity contribution >= 4 is 11.1 Å². The molecule has 0 spiro atoms. The maximum Gasteiger partial charge on any atom is 0.182 e. The van der Waals surface area contributed by atoms with Gasteiger partial charge in [-0.3, -0.25) is 0 Å². The van der Waals surface area contributed by atoms with E-state index in [2.05, 4.69) is 31.0 Å². The van der Waals surface area contributed by atoms with E-state index >= 15 is 0 Å². The van der Waals surface area contributed by atoms with Crippen LogP contribution in [-0.2, 0) is 12.8 Å². The van der Waals surface area contributed by atoms with Crippen molar-refractivity contribution in [1.29, 1.82) is 0 Å². The summed E-state index contributed by atoms with van der Waals surface area (Å²) in [5, 5.41) is 0. The maximum atomic E-state index is 5.37. The van der Waals surface area contributed by atoms with Crippen LogP contribution in [0.5, 0.6) is 0 Å². The highest BCUT2D eigenvalue weighted by molar-refractivity contribution is 5.79. The van der Waals surface area contributed by atoms with Gasteiger partial charge in [0.2, 0.25) is 0 Å². The van der Waals surface area contributed by atoms with E-state index in [1.54, 1.807) is 0 Å². The van der Waals surface area contributed by atoms with Gasteiger partial charge in [-0.2, -0.15) is 0 Å². The number of aryl methyl sites for hydroxylation is 2. The van der Waals surface area contributed by atoms with Crippen LogP contribution < -0.4 is 0 Å². The Morgan fingerprint density at radius 3 is 2.54 bits per heavy atom. The van der Waals surface area contributed by atoms with Gasteiger partial charge in [-0.1, -0.05) is 26.0 Å². The van der Waals surface area contributed by atoms with Gasteiger partial charge in [0.15, 0.2) is 12.0 Å². The zero-order chi connectivity index (χ0) is 9.26. The molecule has 0 N–H and O–H groups in total. The molecule has 0 aliphatic heterocycles. The number of oxazole rings is 1. The van der Waals surface area contributed by atoms with Crippen molar-refractivity contribution in [2.45, 2.75) is 26.7 Å². The molecule has 0 radical (unpaired) electrons. The number of fused-ring (bicyclic) bond motifs is 1. The van der Waals surface area contributed by atoms with Crippen LogP contribution in [0.2, 0.25) is 0 Å². The van der Waals surface area contributed by atoms with E-state index in [9.17, 15) is 0 Å². The normalized spacial score (nSPS) is 10.9. The molecule has 13 heavy (non-hydrogen) atoms. The lowest BCUT2D eigenvalue weighted by Gasteiger charge is -2.00. The minimum Gasteiger partial charge on any atom is -0.443 e. The fourth-order valence-corrected chi connectivity index (χ4v) is 1.62. The summed E-state index contributed by atoms with van der Waals surface area (Å²) in [7, 11) is 0. The summed E-state index contributed by atoms with van der Waals surface area (Å²) in [6.07, 6.45) is 3.53. The second-order valence-electron chi connectivity index (χ2n) is 3.12. The second-order valence-corrected chi connectivity index (χ2v) is 3.12. The van der Waals surface area contributed by atoms with Crippen LogP contribution in [0.3, 0.4) is 0 Å². The third-order valence-corrected chi connectivity index (χ3v) is 2.41. The maximum absolute atomic E-state index is 5.37. The summed E-state index contributed by atoms with van der Waals surface area (Å²) in [5.41, 5.74) is 4.49. The molecule has 0 saturated heterocycles. The van der Waals surface area contributed by atoms with Gasteiger partial charge in [-0.15, -0.1) is 0 Å². The number of rotatable bonds is 2. The predicted molar refractivity (Wildman–Crippen MR) is 52.8 cm³/mol. The lowest BCUT2D eigenvalue weighted by atomic mass is 10.1. The third-order valence-electron chi connectivity index (χ3n) is 2.41. The van der Waals surface area contributed by atoms with Crippen LogP contribution in [0.15, 0.2) is 22.9 Å². The molecule has 0 fully saturated rings. The Morgan fingerprint density at radius 2 is 1.85 bits per heavy atom. The van der Waals surface area contributed by atoms with Gasteiger partial charge in [0, 0.05) is 0 Å². The van der Waals surface area contributed by atoms with E-state index in [-0.39, 0.29) is 0 Å². The van der Waals surface area contributed by atoms with Crippen molar-refractivity contribution in [3.63, 3.8) is 0 Å². The average molecular weight is 175 g/mol. The molecule has 2 rings (SSSR count). The van der Waals surface area contributed by atoms with Crippen LogP contribution in [0.4, 0.5) is 0 Å². The Balaban J connectivity index is 2.74. The van der Waals surface area contributed by atoms with Crippen LogP contribution >= 0.6 is 0 Å². The van der Waals surface area contributed by atoms with E-state index in [1.807, 2.05) is 0 Å². The summed E-state index contributed by atoms with van der Waals surface area (Å²) >= 11 is 0. The summed E-state index contributed by atoms with van der Waals surface area (Å²) in [6.45, 7) is 4.26. The Kier molecular flexibility index (Phi) is 2.05. The molecule has 0 bridgehead atoms. The molecule has 1 aromatic carbocycles. The standard InChI is InChI=1S/C11H13NO/c1-3-8-5-6-9(4-2)11-10(8)12-7-13-11/h5-7H,3-4H2,1-2H3. The first-order valence-electron chi connectivity index (χ1n) is 4.70. The first-order chi connectivity index (χ1) is 6.36. The summed E-state index contributed by atoms with van der Waals surface area (Å²) in [6, 6.07) is 4.27. The van der Waals surface area contributed by atoms with E-state index in [0.717, 1.165) is 23.9 Å². The van der Waals surface area contributed by atoms with E-state index in [4.69, 9.17) is 4.42 Å². The predicted octanol–water partition coefficient (Wildman–Crippen LogP) is 2.95. The quantitative estimate of drug-likeness (QED) is 0.701. The number of nitrogens with zero attached hydrogens (tertiary/aromatic N) is 1. The van der Waals surface area contributed by atoms with Gasteiger partial charge in [0.1, 0.15) is 5.52 Å². The van der Waals surface area contributed by atoms with Crippen molar-refractivity contribution in [2.24, 2.45) is 0 Å². The Labute approximate surface area is 77.6 Å². The van der Waals surface area contributed by atoms with Gasteiger partial charge in [0.05, 0.1) is 0 Å². The molecular weight excluding hydrogens is 162 g/mol. The second kappa shape index (κ2) is 3.21.